The monoisotopic (exact) mass is 292 g/mol. The van der Waals surface area contributed by atoms with Crippen LogP contribution in [0, 0.1) is 18.6 Å². The number of ether oxygens (including phenoxy) is 1. The molecule has 0 bridgehead atoms. The van der Waals surface area contributed by atoms with Gasteiger partial charge in [-0.05, 0) is 36.2 Å². The summed E-state index contributed by atoms with van der Waals surface area (Å²) in [6.45, 7) is 1.96. The van der Waals surface area contributed by atoms with E-state index in [1.54, 1.807) is 18.2 Å². The van der Waals surface area contributed by atoms with Crippen LogP contribution < -0.4 is 10.5 Å². The third kappa shape index (κ3) is 3.47. The highest BCUT2D eigenvalue weighted by Gasteiger charge is 2.07. The molecule has 2 rings (SSSR count). The molecule has 0 heterocycles. The van der Waals surface area contributed by atoms with Gasteiger partial charge in [0.25, 0.3) is 0 Å². The van der Waals surface area contributed by atoms with Crippen molar-refractivity contribution in [2.24, 2.45) is 10.9 Å². The van der Waals surface area contributed by atoms with Crippen molar-refractivity contribution in [3.05, 3.63) is 64.7 Å². The first-order chi connectivity index (χ1) is 10.0. The Morgan fingerprint density at radius 3 is 2.62 bits per heavy atom. The maximum absolute atomic E-state index is 13.4. The van der Waals surface area contributed by atoms with Crippen LogP contribution in [0.3, 0.4) is 0 Å². The molecule has 0 aliphatic rings. The van der Waals surface area contributed by atoms with Crippen molar-refractivity contribution >= 4 is 5.84 Å². The van der Waals surface area contributed by atoms with Crippen LogP contribution in [0.5, 0.6) is 5.75 Å². The summed E-state index contributed by atoms with van der Waals surface area (Å²) in [6, 6.07) is 8.28. The fourth-order valence-electron chi connectivity index (χ4n) is 1.82. The first-order valence-electron chi connectivity index (χ1n) is 6.16. The van der Waals surface area contributed by atoms with Crippen LogP contribution in [0.1, 0.15) is 16.7 Å². The van der Waals surface area contributed by atoms with Crippen molar-refractivity contribution < 1.29 is 18.7 Å². The topological polar surface area (TPSA) is 67.8 Å². The van der Waals surface area contributed by atoms with Crippen molar-refractivity contribution in [3.63, 3.8) is 0 Å². The van der Waals surface area contributed by atoms with Crippen molar-refractivity contribution in [3.8, 4) is 5.75 Å². The predicted octanol–water partition coefficient (Wildman–Crippen LogP) is 2.95. The molecule has 0 unspecified atom stereocenters. The molecule has 0 aliphatic heterocycles. The molecule has 2 aromatic carbocycles. The number of hydrogen-bond donors (Lipinski definition) is 2. The number of aryl methyl sites for hydroxylation is 1. The van der Waals surface area contributed by atoms with Gasteiger partial charge in [-0.15, -0.1) is 0 Å². The Kier molecular flexibility index (Phi) is 4.37. The van der Waals surface area contributed by atoms with E-state index in [4.69, 9.17) is 15.7 Å². The molecule has 4 nitrogen and oxygen atoms in total. The van der Waals surface area contributed by atoms with Gasteiger partial charge in [0, 0.05) is 11.6 Å². The van der Waals surface area contributed by atoms with Gasteiger partial charge >= 0.3 is 0 Å². The summed E-state index contributed by atoms with van der Waals surface area (Å²) in [5, 5.41) is 11.5. The summed E-state index contributed by atoms with van der Waals surface area (Å²) in [7, 11) is 0. The molecule has 0 saturated heterocycles. The fourth-order valence-corrected chi connectivity index (χ4v) is 1.82. The molecule has 110 valence electrons. The van der Waals surface area contributed by atoms with Gasteiger partial charge in [0.1, 0.15) is 12.4 Å². The Morgan fingerprint density at radius 2 is 2.00 bits per heavy atom. The normalized spacial score (nSPS) is 11.5. The standard InChI is InChI=1S/C15H14F2N2O2/c1-9-6-10(15(18)19-20)2-3-11(9)8-21-14-5-4-12(16)7-13(14)17/h2-7,20H,8H2,1H3,(H2,18,19). The lowest BCUT2D eigenvalue weighted by atomic mass is 10.1. The van der Waals surface area contributed by atoms with Gasteiger partial charge in [-0.3, -0.25) is 0 Å². The zero-order valence-electron chi connectivity index (χ0n) is 11.3. The minimum absolute atomic E-state index is 0.00940. The van der Waals surface area contributed by atoms with E-state index >= 15 is 0 Å². The second-order valence-electron chi connectivity index (χ2n) is 4.49. The van der Waals surface area contributed by atoms with Crippen molar-refractivity contribution in [1.29, 1.82) is 0 Å². The van der Waals surface area contributed by atoms with Crippen LogP contribution in [0.15, 0.2) is 41.6 Å². The lowest BCUT2D eigenvalue weighted by Gasteiger charge is -2.10. The summed E-state index contributed by atoms with van der Waals surface area (Å²) in [4.78, 5) is 0. The molecular formula is C15H14F2N2O2. The molecule has 0 aromatic heterocycles. The Morgan fingerprint density at radius 1 is 1.24 bits per heavy atom. The van der Waals surface area contributed by atoms with Gasteiger partial charge in [-0.2, -0.15) is 0 Å². The Bertz CT molecular complexity index is 687. The van der Waals surface area contributed by atoms with Crippen LogP contribution in [0.25, 0.3) is 0 Å². The molecule has 0 saturated carbocycles. The van der Waals surface area contributed by atoms with E-state index in [-0.39, 0.29) is 18.2 Å². The first-order valence-corrected chi connectivity index (χ1v) is 6.16. The largest absolute Gasteiger partial charge is 0.486 e. The quantitative estimate of drug-likeness (QED) is 0.394. The fraction of sp³-hybridized carbons (Fsp3) is 0.133. The van der Waals surface area contributed by atoms with Gasteiger partial charge in [-0.1, -0.05) is 17.3 Å². The van der Waals surface area contributed by atoms with E-state index in [0.29, 0.717) is 5.56 Å². The number of amidine groups is 1. The summed E-state index contributed by atoms with van der Waals surface area (Å²) < 4.78 is 31.6. The molecule has 0 amide bonds. The number of hydrogen-bond acceptors (Lipinski definition) is 3. The number of halogens is 2. The van der Waals surface area contributed by atoms with Crippen LogP contribution >= 0.6 is 0 Å². The van der Waals surface area contributed by atoms with E-state index in [1.807, 2.05) is 6.92 Å². The summed E-state index contributed by atoms with van der Waals surface area (Å²) in [5.41, 5.74) is 7.73. The molecule has 0 spiro atoms. The van der Waals surface area contributed by atoms with E-state index in [9.17, 15) is 8.78 Å². The Labute approximate surface area is 120 Å². The summed E-state index contributed by atoms with van der Waals surface area (Å²) >= 11 is 0. The molecular weight excluding hydrogens is 278 g/mol. The van der Waals surface area contributed by atoms with Crippen LogP contribution in [0.2, 0.25) is 0 Å². The lowest BCUT2D eigenvalue weighted by Crippen LogP contribution is -2.13. The first kappa shape index (κ1) is 14.8. The molecule has 21 heavy (non-hydrogen) atoms. The third-order valence-corrected chi connectivity index (χ3v) is 3.02. The van der Waals surface area contributed by atoms with E-state index in [2.05, 4.69) is 5.16 Å². The second-order valence-corrected chi connectivity index (χ2v) is 4.49. The van der Waals surface area contributed by atoms with Gasteiger partial charge in [0.05, 0.1) is 0 Å². The van der Waals surface area contributed by atoms with Gasteiger partial charge in [0.2, 0.25) is 0 Å². The number of rotatable bonds is 4. The minimum atomic E-state index is -0.749. The van der Waals surface area contributed by atoms with Gasteiger partial charge in [-0.25, -0.2) is 8.78 Å². The highest BCUT2D eigenvalue weighted by atomic mass is 19.1. The molecule has 2 aromatic rings. The highest BCUT2D eigenvalue weighted by molar-refractivity contribution is 5.97. The van der Waals surface area contributed by atoms with Gasteiger partial charge < -0.3 is 15.7 Å². The maximum atomic E-state index is 13.4. The predicted molar refractivity (Wildman–Crippen MR) is 74.4 cm³/mol. The second kappa shape index (κ2) is 6.21. The molecule has 0 fully saturated rings. The van der Waals surface area contributed by atoms with Crippen LogP contribution in [-0.4, -0.2) is 11.0 Å². The molecule has 0 radical (unpaired) electrons. The SMILES string of the molecule is Cc1cc(/C(N)=N/O)ccc1COc1ccc(F)cc1F. The molecule has 6 heteroatoms. The van der Waals surface area contributed by atoms with E-state index in [1.165, 1.54) is 6.07 Å². The summed E-state index contributed by atoms with van der Waals surface area (Å²) in [5.74, 6) is -1.41. The average molecular weight is 292 g/mol. The lowest BCUT2D eigenvalue weighted by molar-refractivity contribution is 0.288. The molecule has 0 atom stereocenters. The zero-order valence-corrected chi connectivity index (χ0v) is 11.3. The molecule has 0 aliphatic carbocycles. The summed E-state index contributed by atoms with van der Waals surface area (Å²) in [6.07, 6.45) is 0. The Balaban J connectivity index is 2.13. The smallest absolute Gasteiger partial charge is 0.170 e. The van der Waals surface area contributed by atoms with Crippen LogP contribution in [0.4, 0.5) is 8.78 Å². The number of benzene rings is 2. The average Bonchev–Trinajstić information content (AvgIpc) is 2.46. The zero-order chi connectivity index (χ0) is 15.4. The van der Waals surface area contributed by atoms with Crippen LogP contribution in [-0.2, 0) is 6.61 Å². The number of oxime groups is 1. The Hall–Kier alpha value is -2.63. The molecule has 3 N–H and O–H groups in total. The van der Waals surface area contributed by atoms with Crippen molar-refractivity contribution in [2.45, 2.75) is 13.5 Å². The minimum Gasteiger partial charge on any atom is -0.486 e. The van der Waals surface area contributed by atoms with E-state index in [0.717, 1.165) is 23.3 Å². The van der Waals surface area contributed by atoms with E-state index < -0.39 is 11.6 Å². The van der Waals surface area contributed by atoms with Crippen molar-refractivity contribution in [2.75, 3.05) is 0 Å². The van der Waals surface area contributed by atoms with Crippen molar-refractivity contribution in [1.82, 2.24) is 0 Å². The highest BCUT2D eigenvalue weighted by Crippen LogP contribution is 2.20. The maximum Gasteiger partial charge on any atom is 0.170 e. The third-order valence-electron chi connectivity index (χ3n) is 3.02. The van der Waals surface area contributed by atoms with Gasteiger partial charge in [0.15, 0.2) is 17.4 Å². The number of nitrogens with zero attached hydrogens (tertiary/aromatic N) is 1. The number of nitrogens with two attached hydrogens (primary N) is 1.